The van der Waals surface area contributed by atoms with Crippen LogP contribution in [0.25, 0.3) is 11.0 Å². The largest absolute Gasteiger partial charge is 0.573 e. The predicted octanol–water partition coefficient (Wildman–Crippen LogP) is 3.20. The zero-order valence-electron chi connectivity index (χ0n) is 18.9. The normalized spacial score (nSPS) is 24.9. The predicted molar refractivity (Wildman–Crippen MR) is 123 cm³/mol. The molecule has 2 aromatic carbocycles. The maximum absolute atomic E-state index is 13.1. The van der Waals surface area contributed by atoms with E-state index in [4.69, 9.17) is 4.74 Å². The van der Waals surface area contributed by atoms with E-state index in [0.717, 1.165) is 12.1 Å². The molecule has 0 bridgehead atoms. The van der Waals surface area contributed by atoms with Crippen molar-refractivity contribution in [1.29, 1.82) is 0 Å². The van der Waals surface area contributed by atoms with Crippen LogP contribution in [-0.4, -0.2) is 76.2 Å². The number of nitrogens with one attached hydrogen (secondary N) is 1. The highest BCUT2D eigenvalue weighted by Crippen LogP contribution is 2.54. The number of aromatic amines is 1. The molecule has 36 heavy (non-hydrogen) atoms. The molecular weight excluding hydrogens is 479 g/mol. The molecule has 3 aromatic rings. The van der Waals surface area contributed by atoms with Crippen molar-refractivity contribution in [2.45, 2.75) is 6.36 Å². The fraction of sp³-hybridized carbons (Fsp3) is 0.417. The van der Waals surface area contributed by atoms with Gasteiger partial charge in [-0.25, -0.2) is 0 Å². The average molecular weight is 505 g/mol. The topological polar surface area (TPSA) is 101 Å². The number of alkyl halides is 3. The van der Waals surface area contributed by atoms with Gasteiger partial charge in [0.2, 0.25) is 0 Å². The molecule has 0 radical (unpaired) electrons. The number of aromatic nitrogens is 3. The lowest BCUT2D eigenvalue weighted by Gasteiger charge is -2.42. The summed E-state index contributed by atoms with van der Waals surface area (Å²) >= 11 is 0. The molecule has 6 rings (SSSR count). The molecular formula is C24H26F3N5O4. The van der Waals surface area contributed by atoms with Gasteiger partial charge in [-0.2, -0.15) is 15.4 Å². The zero-order valence-corrected chi connectivity index (χ0v) is 18.9. The smallest absolute Gasteiger partial charge is 0.484 e. The lowest BCUT2D eigenvalue weighted by atomic mass is 9.60. The molecule has 2 amide bonds. The number of H-pyrrole nitrogens is 1. The number of hydrogen-bond donors (Lipinski definition) is 1. The number of halogens is 3. The van der Waals surface area contributed by atoms with Crippen LogP contribution in [0.4, 0.5) is 13.2 Å². The summed E-state index contributed by atoms with van der Waals surface area (Å²) in [7, 11) is 0. The van der Waals surface area contributed by atoms with Gasteiger partial charge >= 0.3 is 6.36 Å². The van der Waals surface area contributed by atoms with E-state index in [0.29, 0.717) is 66.4 Å². The van der Waals surface area contributed by atoms with Crippen molar-refractivity contribution in [3.63, 3.8) is 0 Å². The molecule has 9 nitrogen and oxygen atoms in total. The standard InChI is InChI=1S/C24H22F3N5O4.2H2/c25-24(26,27)36-15-4-2-14(3-5-15)35-12-22(33)31-8-16-17(9-31)19-11-32(10-18(16)19)23(34)13-1-6-20-21(7-13)29-30-28-20;;/h1-7,16-19H,8-12H2,(H,28,29,30);2*1H/t16?,17?,18-,19+;;. The Morgan fingerprint density at radius 1 is 0.889 bits per heavy atom. The summed E-state index contributed by atoms with van der Waals surface area (Å²) in [5.74, 6) is 1.21. The van der Waals surface area contributed by atoms with Crippen LogP contribution in [0.15, 0.2) is 42.5 Å². The maximum atomic E-state index is 13.1. The first kappa shape index (κ1) is 22.6. The molecule has 12 heteroatoms. The van der Waals surface area contributed by atoms with Crippen LogP contribution in [0.3, 0.4) is 0 Å². The Morgan fingerprint density at radius 3 is 2.11 bits per heavy atom. The van der Waals surface area contributed by atoms with Crippen molar-refractivity contribution in [2.75, 3.05) is 32.8 Å². The van der Waals surface area contributed by atoms with Crippen molar-refractivity contribution < 1.29 is 35.1 Å². The van der Waals surface area contributed by atoms with Gasteiger partial charge in [0.05, 0.1) is 0 Å². The minimum absolute atomic E-state index is 0. The highest BCUT2D eigenvalue weighted by molar-refractivity contribution is 5.97. The number of rotatable bonds is 5. The van der Waals surface area contributed by atoms with Crippen molar-refractivity contribution in [3.8, 4) is 11.5 Å². The highest BCUT2D eigenvalue weighted by atomic mass is 19.4. The number of benzene rings is 2. The summed E-state index contributed by atoms with van der Waals surface area (Å²) in [4.78, 5) is 29.4. The summed E-state index contributed by atoms with van der Waals surface area (Å²) in [6.45, 7) is 2.40. The third-order valence-electron chi connectivity index (χ3n) is 7.55. The van der Waals surface area contributed by atoms with Gasteiger partial charge in [0.15, 0.2) is 6.61 Å². The van der Waals surface area contributed by atoms with E-state index in [9.17, 15) is 22.8 Å². The van der Waals surface area contributed by atoms with E-state index >= 15 is 0 Å². The Bertz CT molecular complexity index is 1300. The third kappa shape index (κ3) is 4.10. The highest BCUT2D eigenvalue weighted by Gasteiger charge is 2.59. The van der Waals surface area contributed by atoms with Crippen LogP contribution in [-0.2, 0) is 4.79 Å². The van der Waals surface area contributed by atoms with Crippen molar-refractivity contribution in [3.05, 3.63) is 48.0 Å². The number of likely N-dealkylation sites (tertiary alicyclic amines) is 2. The molecule has 2 saturated heterocycles. The van der Waals surface area contributed by atoms with Crippen LogP contribution in [0.5, 0.6) is 11.5 Å². The minimum Gasteiger partial charge on any atom is -0.484 e. The molecule has 0 spiro atoms. The Kier molecular flexibility index (Phi) is 5.27. The first-order valence-electron chi connectivity index (χ1n) is 11.6. The van der Waals surface area contributed by atoms with Gasteiger partial charge in [-0.3, -0.25) is 9.59 Å². The maximum Gasteiger partial charge on any atom is 0.573 e. The molecule has 3 fully saturated rings. The molecule has 2 aliphatic heterocycles. The molecule has 192 valence electrons. The Morgan fingerprint density at radius 2 is 1.47 bits per heavy atom. The van der Waals surface area contributed by atoms with E-state index in [1.807, 2.05) is 4.90 Å². The second-order valence-electron chi connectivity index (χ2n) is 9.50. The van der Waals surface area contributed by atoms with Crippen LogP contribution >= 0.6 is 0 Å². The van der Waals surface area contributed by atoms with Crippen molar-refractivity contribution >= 4 is 22.8 Å². The Hall–Kier alpha value is -3.83. The number of nitrogens with zero attached hydrogens (tertiary/aromatic N) is 4. The molecule has 1 aromatic heterocycles. The average Bonchev–Trinajstić information content (AvgIpc) is 3.56. The summed E-state index contributed by atoms with van der Waals surface area (Å²) < 4.78 is 46.1. The first-order chi connectivity index (χ1) is 17.2. The summed E-state index contributed by atoms with van der Waals surface area (Å²) in [5.41, 5.74) is 1.96. The summed E-state index contributed by atoms with van der Waals surface area (Å²) in [6.07, 6.45) is -4.76. The van der Waals surface area contributed by atoms with E-state index < -0.39 is 6.36 Å². The lowest BCUT2D eigenvalue weighted by molar-refractivity contribution is -0.274. The van der Waals surface area contributed by atoms with Crippen molar-refractivity contribution in [1.82, 2.24) is 25.2 Å². The van der Waals surface area contributed by atoms with Crippen LogP contribution in [0.1, 0.15) is 13.2 Å². The Balaban J connectivity index is 0.00000168. The third-order valence-corrected chi connectivity index (χ3v) is 7.55. The van der Waals surface area contributed by atoms with Gasteiger partial charge in [0.25, 0.3) is 11.8 Å². The number of ether oxygens (including phenoxy) is 2. The van der Waals surface area contributed by atoms with E-state index in [1.165, 1.54) is 12.1 Å². The van der Waals surface area contributed by atoms with Crippen LogP contribution < -0.4 is 9.47 Å². The number of hydrogen-bond acceptors (Lipinski definition) is 6. The molecule has 1 saturated carbocycles. The molecule has 1 N–H and O–H groups in total. The van der Waals surface area contributed by atoms with Gasteiger partial charge in [-0.1, -0.05) is 0 Å². The lowest BCUT2D eigenvalue weighted by Crippen LogP contribution is -2.44. The van der Waals surface area contributed by atoms with Crippen LogP contribution in [0, 0.1) is 23.7 Å². The summed E-state index contributed by atoms with van der Waals surface area (Å²) in [6, 6.07) is 10.2. The van der Waals surface area contributed by atoms with E-state index in [2.05, 4.69) is 20.1 Å². The molecule has 3 heterocycles. The van der Waals surface area contributed by atoms with Crippen LogP contribution in [0.2, 0.25) is 0 Å². The fourth-order valence-corrected chi connectivity index (χ4v) is 5.87. The van der Waals surface area contributed by atoms with Crippen molar-refractivity contribution in [2.24, 2.45) is 23.7 Å². The minimum atomic E-state index is -4.76. The van der Waals surface area contributed by atoms with Gasteiger partial charge in [0, 0.05) is 34.6 Å². The van der Waals surface area contributed by atoms with E-state index in [-0.39, 0.29) is 32.8 Å². The SMILES string of the molecule is O=C(COc1ccc(OC(F)(F)F)cc1)N1CC2C(C1)[C@@H]1CN(C(=O)c3ccc4n[nH]nc4c3)C[C@H]21.[HH].[HH]. The second kappa shape index (κ2) is 8.38. The van der Waals surface area contributed by atoms with E-state index in [1.54, 1.807) is 23.1 Å². The molecule has 4 atom stereocenters. The van der Waals surface area contributed by atoms with Gasteiger partial charge in [0.1, 0.15) is 22.5 Å². The number of fused-ring (bicyclic) bond motifs is 5. The Labute approximate surface area is 206 Å². The molecule has 2 unspecified atom stereocenters. The number of amides is 2. The van der Waals surface area contributed by atoms with Gasteiger partial charge in [-0.15, -0.1) is 13.2 Å². The summed E-state index contributed by atoms with van der Waals surface area (Å²) in [5, 5.41) is 10.6. The fourth-order valence-electron chi connectivity index (χ4n) is 5.87. The first-order valence-corrected chi connectivity index (χ1v) is 11.6. The molecule has 1 aliphatic carbocycles. The number of carbonyl (C=O) groups is 2. The number of carbonyl (C=O) groups excluding carboxylic acids is 2. The zero-order chi connectivity index (χ0) is 25.0. The monoisotopic (exact) mass is 505 g/mol. The second-order valence-corrected chi connectivity index (χ2v) is 9.50. The van der Waals surface area contributed by atoms with Gasteiger partial charge in [-0.05, 0) is 66.1 Å². The quantitative estimate of drug-likeness (QED) is 0.572. The molecule has 3 aliphatic rings. The van der Waals surface area contributed by atoms with Gasteiger partial charge < -0.3 is 19.3 Å².